The highest BCUT2D eigenvalue weighted by molar-refractivity contribution is 9.10. The normalized spacial score (nSPS) is 21.7. The van der Waals surface area contributed by atoms with E-state index in [4.69, 9.17) is 4.74 Å². The van der Waals surface area contributed by atoms with Crippen molar-refractivity contribution in [2.75, 3.05) is 20.3 Å². The van der Waals surface area contributed by atoms with Crippen molar-refractivity contribution in [1.29, 1.82) is 0 Å². The number of benzene rings is 1. The number of nitrogens with one attached hydrogen (secondary N) is 1. The molecule has 1 aliphatic rings. The molecule has 4 heteroatoms. The fraction of sp³-hybridized carbons (Fsp3) is 0.538. The Labute approximate surface area is 110 Å². The minimum Gasteiger partial charge on any atom is -0.381 e. The molecule has 0 aromatic heterocycles. The van der Waals surface area contributed by atoms with E-state index in [0.29, 0.717) is 12.0 Å². The lowest BCUT2D eigenvalue weighted by atomic mass is 9.93. The van der Waals surface area contributed by atoms with Crippen LogP contribution in [0.15, 0.2) is 22.7 Å². The molecule has 94 valence electrons. The summed E-state index contributed by atoms with van der Waals surface area (Å²) in [6, 6.07) is 5.41. The predicted molar refractivity (Wildman–Crippen MR) is 69.6 cm³/mol. The second-order valence-corrected chi connectivity index (χ2v) is 5.42. The second kappa shape index (κ2) is 5.94. The van der Waals surface area contributed by atoms with Gasteiger partial charge in [0.25, 0.3) is 0 Å². The molecule has 1 fully saturated rings. The Morgan fingerprint density at radius 1 is 1.53 bits per heavy atom. The molecular weight excluding hydrogens is 285 g/mol. The zero-order valence-corrected chi connectivity index (χ0v) is 11.5. The van der Waals surface area contributed by atoms with Gasteiger partial charge in [-0.25, -0.2) is 4.39 Å². The number of likely N-dealkylation sites (N-methyl/N-ethyl adjacent to an activating group) is 1. The molecule has 0 bridgehead atoms. The van der Waals surface area contributed by atoms with Crippen LogP contribution in [-0.2, 0) is 11.2 Å². The first-order chi connectivity index (χ1) is 8.19. The van der Waals surface area contributed by atoms with Crippen molar-refractivity contribution in [2.24, 2.45) is 5.92 Å². The second-order valence-electron chi connectivity index (χ2n) is 4.50. The van der Waals surface area contributed by atoms with Crippen LogP contribution >= 0.6 is 15.9 Å². The fourth-order valence-corrected chi connectivity index (χ4v) is 2.87. The third-order valence-corrected chi connectivity index (χ3v) is 3.74. The number of rotatable bonds is 4. The standard InChI is InChI=1S/C13H17BrFNO/c1-16-13(10-2-3-17-8-10)6-9-4-11(14)7-12(15)5-9/h4-5,7,10,13,16H,2-3,6,8H2,1H3. The smallest absolute Gasteiger partial charge is 0.124 e. The maximum Gasteiger partial charge on any atom is 0.124 e. The van der Waals surface area contributed by atoms with Gasteiger partial charge in [0.1, 0.15) is 5.82 Å². The fourth-order valence-electron chi connectivity index (χ4n) is 2.36. The van der Waals surface area contributed by atoms with Crippen molar-refractivity contribution in [3.05, 3.63) is 34.1 Å². The summed E-state index contributed by atoms with van der Waals surface area (Å²) in [7, 11) is 1.96. The average molecular weight is 302 g/mol. The summed E-state index contributed by atoms with van der Waals surface area (Å²) in [6.45, 7) is 1.65. The average Bonchev–Trinajstić information content (AvgIpc) is 2.77. The van der Waals surface area contributed by atoms with Crippen LogP contribution in [0, 0.1) is 11.7 Å². The van der Waals surface area contributed by atoms with E-state index < -0.39 is 0 Å². The highest BCUT2D eigenvalue weighted by Gasteiger charge is 2.24. The lowest BCUT2D eigenvalue weighted by Crippen LogP contribution is -2.35. The molecule has 1 aliphatic heterocycles. The van der Waals surface area contributed by atoms with Crippen LogP contribution < -0.4 is 5.32 Å². The van der Waals surface area contributed by atoms with Crippen molar-refractivity contribution in [3.63, 3.8) is 0 Å². The Kier molecular flexibility index (Phi) is 4.54. The summed E-state index contributed by atoms with van der Waals surface area (Å²) in [5.74, 6) is 0.342. The van der Waals surface area contributed by atoms with Crippen LogP contribution in [0.3, 0.4) is 0 Å². The molecule has 0 amide bonds. The van der Waals surface area contributed by atoms with Crippen molar-refractivity contribution >= 4 is 15.9 Å². The SMILES string of the molecule is CNC(Cc1cc(F)cc(Br)c1)C1CCOC1. The summed E-state index contributed by atoms with van der Waals surface area (Å²) in [5.41, 5.74) is 1.02. The zero-order chi connectivity index (χ0) is 12.3. The van der Waals surface area contributed by atoms with Gasteiger partial charge in [0.15, 0.2) is 0 Å². The van der Waals surface area contributed by atoms with Crippen molar-refractivity contribution in [1.82, 2.24) is 5.32 Å². The van der Waals surface area contributed by atoms with Crippen LogP contribution in [-0.4, -0.2) is 26.3 Å². The first kappa shape index (κ1) is 13.0. The molecule has 2 rings (SSSR count). The van der Waals surface area contributed by atoms with E-state index in [1.807, 2.05) is 13.1 Å². The minimum absolute atomic E-state index is 0.188. The number of ether oxygens (including phenoxy) is 1. The molecule has 1 N–H and O–H groups in total. The Bertz CT molecular complexity index is 359. The van der Waals surface area contributed by atoms with Crippen LogP contribution in [0.25, 0.3) is 0 Å². The van der Waals surface area contributed by atoms with Gasteiger partial charge in [-0.15, -0.1) is 0 Å². The molecule has 0 spiro atoms. The molecule has 0 radical (unpaired) electrons. The maximum absolute atomic E-state index is 13.3. The van der Waals surface area contributed by atoms with E-state index in [2.05, 4.69) is 21.2 Å². The number of hydrogen-bond acceptors (Lipinski definition) is 2. The van der Waals surface area contributed by atoms with Crippen LogP contribution in [0.4, 0.5) is 4.39 Å². The van der Waals surface area contributed by atoms with E-state index in [-0.39, 0.29) is 5.82 Å². The molecule has 2 nitrogen and oxygen atoms in total. The lowest BCUT2D eigenvalue weighted by Gasteiger charge is -2.22. The molecule has 17 heavy (non-hydrogen) atoms. The number of halogens is 2. The Morgan fingerprint density at radius 3 is 2.94 bits per heavy atom. The highest BCUT2D eigenvalue weighted by Crippen LogP contribution is 2.22. The van der Waals surface area contributed by atoms with Crippen molar-refractivity contribution in [2.45, 2.75) is 18.9 Å². The van der Waals surface area contributed by atoms with Gasteiger partial charge in [-0.05, 0) is 43.7 Å². The molecule has 1 aromatic carbocycles. The monoisotopic (exact) mass is 301 g/mol. The zero-order valence-electron chi connectivity index (χ0n) is 9.88. The molecule has 1 aromatic rings. The maximum atomic E-state index is 13.3. The molecule has 1 saturated heterocycles. The van der Waals surface area contributed by atoms with E-state index in [1.165, 1.54) is 6.07 Å². The Morgan fingerprint density at radius 2 is 2.35 bits per heavy atom. The molecule has 2 atom stereocenters. The topological polar surface area (TPSA) is 21.3 Å². The molecule has 0 saturated carbocycles. The molecular formula is C13H17BrFNO. The first-order valence-corrected chi connectivity index (χ1v) is 6.68. The van der Waals surface area contributed by atoms with Crippen LogP contribution in [0.1, 0.15) is 12.0 Å². The quantitative estimate of drug-likeness (QED) is 0.923. The summed E-state index contributed by atoms with van der Waals surface area (Å²) in [5, 5.41) is 3.31. The van der Waals surface area contributed by atoms with Gasteiger partial charge >= 0.3 is 0 Å². The summed E-state index contributed by atoms with van der Waals surface area (Å²) < 4.78 is 19.5. The Balaban J connectivity index is 2.06. The van der Waals surface area contributed by atoms with E-state index in [1.54, 1.807) is 6.07 Å². The third kappa shape index (κ3) is 3.50. The van der Waals surface area contributed by atoms with Gasteiger partial charge < -0.3 is 10.1 Å². The van der Waals surface area contributed by atoms with Crippen LogP contribution in [0.5, 0.6) is 0 Å². The summed E-state index contributed by atoms with van der Waals surface area (Å²) in [6.07, 6.45) is 1.92. The van der Waals surface area contributed by atoms with Crippen molar-refractivity contribution in [3.8, 4) is 0 Å². The highest BCUT2D eigenvalue weighted by atomic mass is 79.9. The van der Waals surface area contributed by atoms with E-state index in [0.717, 1.165) is 36.1 Å². The molecule has 0 aliphatic carbocycles. The first-order valence-electron chi connectivity index (χ1n) is 5.89. The van der Waals surface area contributed by atoms with Gasteiger partial charge in [-0.1, -0.05) is 15.9 Å². The van der Waals surface area contributed by atoms with Gasteiger partial charge in [0.05, 0.1) is 6.61 Å². The lowest BCUT2D eigenvalue weighted by molar-refractivity contribution is 0.177. The van der Waals surface area contributed by atoms with Gasteiger partial charge in [0, 0.05) is 23.0 Å². The minimum atomic E-state index is -0.188. The van der Waals surface area contributed by atoms with E-state index in [9.17, 15) is 4.39 Å². The van der Waals surface area contributed by atoms with E-state index >= 15 is 0 Å². The van der Waals surface area contributed by atoms with Crippen LogP contribution in [0.2, 0.25) is 0 Å². The van der Waals surface area contributed by atoms with Gasteiger partial charge in [0.2, 0.25) is 0 Å². The van der Waals surface area contributed by atoms with Gasteiger partial charge in [-0.2, -0.15) is 0 Å². The molecule has 1 heterocycles. The summed E-state index contributed by atoms with van der Waals surface area (Å²) in [4.78, 5) is 0. The predicted octanol–water partition coefficient (Wildman–Crippen LogP) is 2.76. The largest absolute Gasteiger partial charge is 0.381 e. The molecule has 2 unspecified atom stereocenters. The van der Waals surface area contributed by atoms with Crippen molar-refractivity contribution < 1.29 is 9.13 Å². The Hall–Kier alpha value is -0.450. The van der Waals surface area contributed by atoms with Gasteiger partial charge in [-0.3, -0.25) is 0 Å². The summed E-state index contributed by atoms with van der Waals surface area (Å²) >= 11 is 3.32. The third-order valence-electron chi connectivity index (χ3n) is 3.28. The number of hydrogen-bond donors (Lipinski definition) is 1.